The highest BCUT2D eigenvalue weighted by Gasteiger charge is 2.34. The van der Waals surface area contributed by atoms with Crippen LogP contribution in [0, 0.1) is 0 Å². The maximum atomic E-state index is 12.6. The summed E-state index contributed by atoms with van der Waals surface area (Å²) in [6.45, 7) is 0.290. The number of carbonyl (C=O) groups excluding carboxylic acids is 1. The van der Waals surface area contributed by atoms with Crippen LogP contribution in [-0.4, -0.2) is 39.1 Å². The van der Waals surface area contributed by atoms with Gasteiger partial charge in [-0.1, -0.05) is 23.4 Å². The molecule has 4 rings (SSSR count). The second-order valence-corrected chi connectivity index (χ2v) is 6.70. The first-order valence-corrected chi connectivity index (χ1v) is 8.48. The molecule has 2 atom stereocenters. The molecule has 2 unspecified atom stereocenters. The third-order valence-corrected chi connectivity index (χ3v) is 4.69. The highest BCUT2D eigenvalue weighted by atomic mass is 16.5. The zero-order chi connectivity index (χ0) is 17.4. The van der Waals surface area contributed by atoms with Crippen LogP contribution in [0.3, 0.4) is 0 Å². The zero-order valence-corrected chi connectivity index (χ0v) is 14.0. The van der Waals surface area contributed by atoms with Crippen molar-refractivity contribution in [3.63, 3.8) is 0 Å². The molecule has 2 fully saturated rings. The number of hydrogen-bond acceptors (Lipinski definition) is 7. The number of aromatic nitrogens is 2. The zero-order valence-electron chi connectivity index (χ0n) is 14.0. The topological polar surface area (TPSA) is 104 Å². The second kappa shape index (κ2) is 6.45. The molecular weight excluding hydrogens is 322 g/mol. The molecule has 132 valence electrons. The molecule has 0 radical (unpaired) electrons. The molecule has 1 saturated carbocycles. The van der Waals surface area contributed by atoms with Gasteiger partial charge in [-0.2, -0.15) is 4.98 Å². The smallest absolute Gasteiger partial charge is 0.246 e. The first kappa shape index (κ1) is 16.0. The molecule has 8 heteroatoms. The van der Waals surface area contributed by atoms with E-state index in [1.54, 1.807) is 24.1 Å². The Bertz CT molecular complexity index is 773. The van der Waals surface area contributed by atoms with Crippen molar-refractivity contribution in [2.45, 2.75) is 43.8 Å². The number of phenolic OH excluding ortho intramolecular Hbond substituents is 1. The van der Waals surface area contributed by atoms with Gasteiger partial charge in [0.1, 0.15) is 11.8 Å². The van der Waals surface area contributed by atoms with Crippen LogP contribution in [-0.2, 0) is 11.3 Å². The van der Waals surface area contributed by atoms with Gasteiger partial charge in [-0.05, 0) is 25.3 Å². The largest absolute Gasteiger partial charge is 0.508 e. The lowest BCUT2D eigenvalue weighted by atomic mass is 10.0. The molecule has 0 spiro atoms. The van der Waals surface area contributed by atoms with Gasteiger partial charge in [-0.25, -0.2) is 10.9 Å². The highest BCUT2D eigenvalue weighted by Crippen LogP contribution is 2.38. The van der Waals surface area contributed by atoms with Gasteiger partial charge in [-0.3, -0.25) is 4.79 Å². The Morgan fingerprint density at radius 1 is 1.36 bits per heavy atom. The first-order valence-electron chi connectivity index (χ1n) is 8.48. The number of likely N-dealkylation sites (N-methyl/N-ethyl adjacent to an activating group) is 1. The number of aromatic hydroxyl groups is 1. The molecule has 1 amide bonds. The summed E-state index contributed by atoms with van der Waals surface area (Å²) >= 11 is 0. The Hall–Kier alpha value is -2.45. The number of phenols is 1. The first-order chi connectivity index (χ1) is 12.1. The van der Waals surface area contributed by atoms with Gasteiger partial charge in [-0.15, -0.1) is 0 Å². The molecule has 1 aromatic carbocycles. The summed E-state index contributed by atoms with van der Waals surface area (Å²) in [6, 6.07) is 6.64. The van der Waals surface area contributed by atoms with E-state index in [-0.39, 0.29) is 30.3 Å². The van der Waals surface area contributed by atoms with Crippen molar-refractivity contribution in [3.8, 4) is 5.75 Å². The van der Waals surface area contributed by atoms with Gasteiger partial charge in [0.25, 0.3) is 0 Å². The van der Waals surface area contributed by atoms with Gasteiger partial charge < -0.3 is 14.5 Å². The fraction of sp³-hybridized carbons (Fsp3) is 0.471. The van der Waals surface area contributed by atoms with E-state index in [1.807, 2.05) is 12.1 Å². The van der Waals surface area contributed by atoms with Crippen LogP contribution in [0.2, 0.25) is 0 Å². The Labute approximate surface area is 145 Å². The minimum absolute atomic E-state index is 0.0587. The number of hydrogen-bond donors (Lipinski definition) is 3. The predicted octanol–water partition coefficient (Wildman–Crippen LogP) is 1.22. The van der Waals surface area contributed by atoms with Crippen molar-refractivity contribution in [1.29, 1.82) is 0 Å². The van der Waals surface area contributed by atoms with Crippen molar-refractivity contribution >= 4 is 5.91 Å². The molecule has 3 N–H and O–H groups in total. The summed E-state index contributed by atoms with van der Waals surface area (Å²) in [5.74, 6) is 1.80. The number of hydrazine groups is 1. The summed E-state index contributed by atoms with van der Waals surface area (Å²) in [7, 11) is 1.72. The van der Waals surface area contributed by atoms with Crippen LogP contribution in [0.15, 0.2) is 28.8 Å². The van der Waals surface area contributed by atoms with Gasteiger partial charge in [0, 0.05) is 18.5 Å². The fourth-order valence-electron chi connectivity index (χ4n) is 3.09. The van der Waals surface area contributed by atoms with E-state index < -0.39 is 0 Å². The van der Waals surface area contributed by atoms with Crippen LogP contribution in [0.25, 0.3) is 0 Å². The highest BCUT2D eigenvalue weighted by molar-refractivity contribution is 5.82. The molecule has 2 heterocycles. The van der Waals surface area contributed by atoms with E-state index in [2.05, 4.69) is 21.0 Å². The predicted molar refractivity (Wildman–Crippen MR) is 88.3 cm³/mol. The lowest BCUT2D eigenvalue weighted by Gasteiger charge is -2.18. The fourth-order valence-corrected chi connectivity index (χ4v) is 3.09. The molecule has 2 aromatic rings. The average molecular weight is 343 g/mol. The molecule has 2 aliphatic rings. The SMILES string of the molecule is CN(Cc1nc(C2CC2)no1)C(=O)C1CC(c2ccccc2O)NN1. The summed E-state index contributed by atoms with van der Waals surface area (Å²) in [5.41, 5.74) is 6.87. The second-order valence-electron chi connectivity index (χ2n) is 6.70. The van der Waals surface area contributed by atoms with Crippen LogP contribution >= 0.6 is 0 Å². The molecule has 1 aromatic heterocycles. The van der Waals surface area contributed by atoms with Crippen LogP contribution in [0.4, 0.5) is 0 Å². The van der Waals surface area contributed by atoms with Crippen molar-refractivity contribution in [2.75, 3.05) is 7.05 Å². The van der Waals surface area contributed by atoms with E-state index in [9.17, 15) is 9.90 Å². The Morgan fingerprint density at radius 3 is 2.92 bits per heavy atom. The van der Waals surface area contributed by atoms with Crippen LogP contribution < -0.4 is 10.9 Å². The molecule has 25 heavy (non-hydrogen) atoms. The van der Waals surface area contributed by atoms with E-state index in [0.29, 0.717) is 18.2 Å². The minimum Gasteiger partial charge on any atom is -0.508 e. The molecule has 8 nitrogen and oxygen atoms in total. The van der Waals surface area contributed by atoms with Crippen LogP contribution in [0.5, 0.6) is 5.75 Å². The molecular formula is C17H21N5O3. The number of carbonyl (C=O) groups is 1. The van der Waals surface area contributed by atoms with Crippen molar-refractivity contribution in [1.82, 2.24) is 25.9 Å². The van der Waals surface area contributed by atoms with E-state index in [0.717, 1.165) is 24.2 Å². The minimum atomic E-state index is -0.375. The summed E-state index contributed by atoms with van der Waals surface area (Å²) in [5, 5.41) is 13.9. The number of rotatable bonds is 5. The summed E-state index contributed by atoms with van der Waals surface area (Å²) in [4.78, 5) is 18.6. The number of amides is 1. The average Bonchev–Trinajstić information content (AvgIpc) is 3.16. The van der Waals surface area contributed by atoms with E-state index in [1.165, 1.54) is 0 Å². The Morgan fingerprint density at radius 2 is 2.16 bits per heavy atom. The quantitative estimate of drug-likeness (QED) is 0.750. The molecule has 0 bridgehead atoms. The number of nitrogens with zero attached hydrogens (tertiary/aromatic N) is 3. The van der Waals surface area contributed by atoms with Crippen LogP contribution in [0.1, 0.15) is 48.5 Å². The summed E-state index contributed by atoms with van der Waals surface area (Å²) < 4.78 is 5.23. The van der Waals surface area contributed by atoms with Gasteiger partial charge in [0.05, 0.1) is 12.6 Å². The Kier molecular flexibility index (Phi) is 4.14. The molecule has 1 aliphatic heterocycles. The maximum absolute atomic E-state index is 12.6. The maximum Gasteiger partial charge on any atom is 0.246 e. The number of nitrogens with one attached hydrogen (secondary N) is 2. The van der Waals surface area contributed by atoms with Gasteiger partial charge in [0.15, 0.2) is 5.82 Å². The normalized spacial score (nSPS) is 22.9. The standard InChI is InChI=1S/C17H21N5O3/c1-22(9-15-18-16(21-25-15)10-6-7-10)17(24)13-8-12(19-20-13)11-4-2-3-5-14(11)23/h2-5,10,12-13,19-20,23H,6-9H2,1H3. The monoisotopic (exact) mass is 343 g/mol. The third-order valence-electron chi connectivity index (χ3n) is 4.69. The lowest BCUT2D eigenvalue weighted by molar-refractivity contribution is -0.132. The van der Waals surface area contributed by atoms with E-state index >= 15 is 0 Å². The van der Waals surface area contributed by atoms with Gasteiger partial charge in [0.2, 0.25) is 11.8 Å². The number of benzene rings is 1. The molecule has 1 saturated heterocycles. The third kappa shape index (κ3) is 3.35. The lowest BCUT2D eigenvalue weighted by Crippen LogP contribution is -2.43. The molecule has 1 aliphatic carbocycles. The number of para-hydroxylation sites is 1. The van der Waals surface area contributed by atoms with Gasteiger partial charge >= 0.3 is 0 Å². The summed E-state index contributed by atoms with van der Waals surface area (Å²) in [6.07, 6.45) is 2.77. The van der Waals surface area contributed by atoms with Crippen molar-refractivity contribution in [3.05, 3.63) is 41.5 Å². The Balaban J connectivity index is 1.36. The van der Waals surface area contributed by atoms with Crippen molar-refractivity contribution < 1.29 is 14.4 Å². The van der Waals surface area contributed by atoms with E-state index in [4.69, 9.17) is 4.52 Å². The van der Waals surface area contributed by atoms with Crippen molar-refractivity contribution in [2.24, 2.45) is 0 Å².